The third-order valence-electron chi connectivity index (χ3n) is 11.4. The predicted octanol–water partition coefficient (Wildman–Crippen LogP) is -3.95. The summed E-state index contributed by atoms with van der Waals surface area (Å²) in [5.41, 5.74) is 6.38. The first-order valence-electron chi connectivity index (χ1n) is 20.7. The summed E-state index contributed by atoms with van der Waals surface area (Å²) >= 11 is 0. The van der Waals surface area contributed by atoms with E-state index in [0.717, 1.165) is 4.90 Å². The number of carbonyl (C=O) groups excluding carboxylic acids is 9. The van der Waals surface area contributed by atoms with Crippen LogP contribution in [0, 0.1) is 11.8 Å². The van der Waals surface area contributed by atoms with Gasteiger partial charge in [-0.05, 0) is 37.8 Å². The number of phenols is 1. The van der Waals surface area contributed by atoms with Gasteiger partial charge in [-0.3, -0.25) is 43.2 Å². The number of aromatic amines is 1. The quantitative estimate of drug-likeness (QED) is 0.109. The van der Waals surface area contributed by atoms with E-state index in [1.165, 1.54) is 26.0 Å². The molecule has 0 spiro atoms. The lowest BCUT2D eigenvalue weighted by molar-refractivity contribution is -0.144. The number of nitrogens with two attached hydrogens (primary N) is 1. The van der Waals surface area contributed by atoms with Crippen molar-refractivity contribution in [2.75, 3.05) is 38.6 Å². The van der Waals surface area contributed by atoms with Crippen LogP contribution >= 0.6 is 0 Å². The summed E-state index contributed by atoms with van der Waals surface area (Å²) in [5.74, 6) is -9.17. The van der Waals surface area contributed by atoms with Crippen molar-refractivity contribution in [1.29, 1.82) is 0 Å². The number of aromatic nitrogens is 1. The summed E-state index contributed by atoms with van der Waals surface area (Å²) in [6.45, 7) is 3.95. The zero-order valence-corrected chi connectivity index (χ0v) is 35.8. The van der Waals surface area contributed by atoms with Gasteiger partial charge in [0.25, 0.3) is 0 Å². The van der Waals surface area contributed by atoms with E-state index in [4.69, 9.17) is 5.73 Å². The van der Waals surface area contributed by atoms with Crippen LogP contribution < -0.4 is 48.3 Å². The van der Waals surface area contributed by atoms with Crippen molar-refractivity contribution in [1.82, 2.24) is 47.1 Å². The molecular weight excluding hydrogens is 827 g/mol. The minimum absolute atomic E-state index is 0.0105. The minimum Gasteiger partial charge on any atom is -0.508 e. The van der Waals surface area contributed by atoms with Gasteiger partial charge < -0.3 is 73.5 Å². The first-order valence-corrected chi connectivity index (χ1v) is 20.7. The molecule has 4 rings (SSSR count). The number of nitrogens with one attached hydrogen (secondary N) is 9. The molecule has 2 saturated heterocycles. The number of aliphatic hydroxyl groups excluding tert-OH is 2. The minimum atomic E-state index is -1.65. The van der Waals surface area contributed by atoms with Gasteiger partial charge in [0.2, 0.25) is 53.2 Å². The van der Waals surface area contributed by atoms with Crippen LogP contribution in [-0.2, 0) is 49.6 Å². The topological polar surface area (TPSA) is 356 Å². The number of amides is 9. The molecule has 346 valence electrons. The summed E-state index contributed by atoms with van der Waals surface area (Å²) in [6, 6.07) is -4.02. The number of fused-ring (bicyclic) bond motifs is 2. The molecule has 0 radical (unpaired) electrons. The van der Waals surface area contributed by atoms with E-state index in [1.54, 1.807) is 27.0 Å². The van der Waals surface area contributed by atoms with Crippen molar-refractivity contribution in [3.8, 4) is 5.75 Å². The molecule has 0 bridgehead atoms. The molecule has 9 amide bonds. The van der Waals surface area contributed by atoms with Crippen molar-refractivity contribution in [3.63, 3.8) is 0 Å². The Hall–Kier alpha value is -6.49. The van der Waals surface area contributed by atoms with Crippen LogP contribution in [0.2, 0.25) is 0 Å². The number of phenolic OH excluding ortho intramolecular Hbond substituents is 1. The number of rotatable bonds is 10. The number of hydrogen-bond acceptors (Lipinski definition) is 13. The van der Waals surface area contributed by atoms with Gasteiger partial charge in [-0.2, -0.15) is 0 Å². The molecule has 0 aliphatic carbocycles. The van der Waals surface area contributed by atoms with Crippen molar-refractivity contribution in [3.05, 3.63) is 23.8 Å². The van der Waals surface area contributed by atoms with Crippen LogP contribution in [0.5, 0.6) is 5.75 Å². The standard InChI is InChI=1S/C40H59N11O12/c1-6-18(2)32-38(61)44-15-30(56)45-20(4)35(58)48-26(14-29(41)55)40(63)51-11-7-8-27(51)37(60)50-33(19(3)28(54)17-52)39(62)47-25(36(59)43-16-31(57)49-32)13-23-22-10-9-21(53)12-24(22)46-34(23)42-5/h9-10,12,18-20,25-28,32-33,42,46,52-54H,6-8,11,13-17H2,1-5H3,(H2,41,55)(H,43,59)(H,44,61)(H,45,56)(H,47,62)(H,48,58)(H,49,57)(H,50,60)/t18?,19-,20?,25?,26?,27?,28?,32?,33?/m0/s1. The molecule has 3 heterocycles. The van der Waals surface area contributed by atoms with Crippen LogP contribution in [0.4, 0.5) is 5.82 Å². The first-order chi connectivity index (χ1) is 29.8. The second kappa shape index (κ2) is 22.0. The lowest BCUT2D eigenvalue weighted by Gasteiger charge is -2.32. The molecule has 23 nitrogen and oxygen atoms in total. The number of H-pyrrole nitrogens is 1. The molecule has 23 heteroatoms. The molecule has 2 aliphatic rings. The summed E-state index contributed by atoms with van der Waals surface area (Å²) in [7, 11) is 1.60. The van der Waals surface area contributed by atoms with Gasteiger partial charge in [0.1, 0.15) is 47.8 Å². The van der Waals surface area contributed by atoms with Gasteiger partial charge >= 0.3 is 0 Å². The molecule has 8 unspecified atom stereocenters. The van der Waals surface area contributed by atoms with Crippen molar-refractivity contribution in [2.24, 2.45) is 17.6 Å². The maximum atomic E-state index is 14.4. The van der Waals surface area contributed by atoms with Gasteiger partial charge in [-0.1, -0.05) is 27.2 Å². The SMILES string of the molecule is CCC(C)C1NC(=O)CNC(=O)C(Cc2c(NC)[nH]c3cc(O)ccc23)NC(=O)C([C@@H](C)C(O)CO)NC(=O)C2CCCN2C(=O)C(CC(N)=O)NC(=O)C(C)NC(=O)CNC1=O. The number of nitrogens with zero attached hydrogens (tertiary/aromatic N) is 1. The number of hydrogen-bond donors (Lipinski definition) is 13. The summed E-state index contributed by atoms with van der Waals surface area (Å²) in [6.07, 6.45) is -1.73. The fourth-order valence-corrected chi connectivity index (χ4v) is 7.47. The average molecular weight is 886 g/mol. The van der Waals surface area contributed by atoms with Gasteiger partial charge in [0.05, 0.1) is 37.7 Å². The molecule has 0 saturated carbocycles. The molecule has 2 aromatic rings. The molecule has 2 fully saturated rings. The smallest absolute Gasteiger partial charge is 0.246 e. The van der Waals surface area contributed by atoms with Gasteiger partial charge in [-0.25, -0.2) is 0 Å². The van der Waals surface area contributed by atoms with E-state index in [9.17, 15) is 58.5 Å². The number of aliphatic hydroxyl groups is 2. The average Bonchev–Trinajstić information content (AvgIpc) is 3.88. The van der Waals surface area contributed by atoms with Crippen LogP contribution in [0.25, 0.3) is 10.9 Å². The highest BCUT2D eigenvalue weighted by Crippen LogP contribution is 2.30. The third kappa shape index (κ3) is 12.6. The molecule has 1 aromatic carbocycles. The maximum Gasteiger partial charge on any atom is 0.246 e. The van der Waals surface area contributed by atoms with E-state index < -0.39 is 133 Å². The highest BCUT2D eigenvalue weighted by molar-refractivity contribution is 5.99. The summed E-state index contributed by atoms with van der Waals surface area (Å²) < 4.78 is 0. The Bertz CT molecular complexity index is 2060. The summed E-state index contributed by atoms with van der Waals surface area (Å²) in [5, 5.41) is 51.7. The normalized spacial score (nSPS) is 25.5. The Morgan fingerprint density at radius 2 is 1.52 bits per heavy atom. The highest BCUT2D eigenvalue weighted by atomic mass is 16.3. The van der Waals surface area contributed by atoms with Crippen molar-refractivity contribution < 1.29 is 58.5 Å². The second-order valence-corrected chi connectivity index (χ2v) is 15.9. The number of aromatic hydroxyl groups is 1. The fourth-order valence-electron chi connectivity index (χ4n) is 7.47. The van der Waals surface area contributed by atoms with Crippen LogP contribution in [-0.4, -0.2) is 154 Å². The third-order valence-corrected chi connectivity index (χ3v) is 11.4. The lowest BCUT2D eigenvalue weighted by Crippen LogP contribution is -2.61. The molecule has 1 aromatic heterocycles. The lowest BCUT2D eigenvalue weighted by atomic mass is 9.93. The molecule has 14 N–H and O–H groups in total. The molecule has 63 heavy (non-hydrogen) atoms. The Morgan fingerprint density at radius 3 is 2.16 bits per heavy atom. The Kier molecular flexibility index (Phi) is 17.2. The second-order valence-electron chi connectivity index (χ2n) is 15.9. The van der Waals surface area contributed by atoms with E-state index in [1.807, 2.05) is 0 Å². The fraction of sp³-hybridized carbons (Fsp3) is 0.575. The molecule has 9 atom stereocenters. The number of carbonyl (C=O) groups is 9. The van der Waals surface area contributed by atoms with E-state index in [2.05, 4.69) is 47.5 Å². The van der Waals surface area contributed by atoms with Crippen LogP contribution in [0.15, 0.2) is 18.2 Å². The van der Waals surface area contributed by atoms with Crippen LogP contribution in [0.3, 0.4) is 0 Å². The van der Waals surface area contributed by atoms with E-state index in [-0.39, 0.29) is 31.6 Å². The Balaban J connectivity index is 1.77. The monoisotopic (exact) mass is 885 g/mol. The summed E-state index contributed by atoms with van der Waals surface area (Å²) in [4.78, 5) is 126. The Morgan fingerprint density at radius 1 is 0.873 bits per heavy atom. The largest absolute Gasteiger partial charge is 0.508 e. The molecule has 2 aliphatic heterocycles. The predicted molar refractivity (Wildman–Crippen MR) is 225 cm³/mol. The van der Waals surface area contributed by atoms with Crippen molar-refractivity contribution in [2.45, 2.75) is 102 Å². The number of benzene rings is 1. The van der Waals surface area contributed by atoms with Crippen molar-refractivity contribution >= 4 is 69.9 Å². The van der Waals surface area contributed by atoms with Gasteiger partial charge in [0, 0.05) is 42.9 Å². The molecular formula is C40H59N11O12. The van der Waals surface area contributed by atoms with E-state index in [0.29, 0.717) is 28.7 Å². The zero-order chi connectivity index (χ0) is 46.7. The van der Waals surface area contributed by atoms with Gasteiger partial charge in [0.15, 0.2) is 0 Å². The first kappa shape index (κ1) is 49.2. The zero-order valence-electron chi connectivity index (χ0n) is 35.8. The highest BCUT2D eigenvalue weighted by Gasteiger charge is 2.42. The number of anilines is 1. The maximum absolute atomic E-state index is 14.4. The van der Waals surface area contributed by atoms with E-state index >= 15 is 0 Å². The van der Waals surface area contributed by atoms with Crippen LogP contribution in [0.1, 0.15) is 58.9 Å². The number of primary amides is 1. The van der Waals surface area contributed by atoms with Gasteiger partial charge in [-0.15, -0.1) is 0 Å². The Labute approximate surface area is 362 Å².